The van der Waals surface area contributed by atoms with Crippen molar-refractivity contribution in [3.63, 3.8) is 0 Å². The Kier molecular flexibility index (Phi) is 8.86. The van der Waals surface area contributed by atoms with E-state index in [-0.39, 0.29) is 25.5 Å². The number of aliphatic hydroxyl groups is 1. The number of benzene rings is 2. The van der Waals surface area contributed by atoms with Gasteiger partial charge in [0, 0.05) is 48.7 Å². The molecule has 2 aromatic rings. The molecule has 0 unspecified atom stereocenters. The van der Waals surface area contributed by atoms with Crippen LogP contribution in [0.2, 0.25) is 5.02 Å². The van der Waals surface area contributed by atoms with Gasteiger partial charge in [0.15, 0.2) is 0 Å². The summed E-state index contributed by atoms with van der Waals surface area (Å²) in [5, 5.41) is 16.1. The molecule has 3 rings (SSSR count). The Labute approximate surface area is 203 Å². The zero-order valence-corrected chi connectivity index (χ0v) is 19.9. The molecule has 1 saturated heterocycles. The summed E-state index contributed by atoms with van der Waals surface area (Å²) in [6, 6.07) is 12.1. The highest BCUT2D eigenvalue weighted by atomic mass is 35.5. The van der Waals surface area contributed by atoms with Crippen molar-refractivity contribution in [2.75, 3.05) is 42.3 Å². The number of anilines is 3. The molecule has 4 amide bonds. The van der Waals surface area contributed by atoms with Crippen LogP contribution in [0.1, 0.15) is 19.8 Å². The summed E-state index contributed by atoms with van der Waals surface area (Å²) in [5.74, 6) is -0.583. The number of likely N-dealkylation sites (tertiary alicyclic amines) is 1. The van der Waals surface area contributed by atoms with Crippen molar-refractivity contribution < 1.29 is 24.2 Å². The molecule has 2 atom stereocenters. The standard InChI is InChI=1S/C24H29ClN4O5/c1-3-12-34-15-22(31)28(2)19-10-8-17(9-11-19)26-23(32)21-13-20(30)14-29(21)24(33)27-18-6-4-16(25)5-7-18/h4-11,20-21,30H,3,12-15H2,1-2H3,(H,26,32)(H,27,33)/t20-,21-/m1/s1. The SMILES string of the molecule is CCCOCC(=O)N(C)c1ccc(NC(=O)[C@H]2C[C@@H](O)CN2C(=O)Nc2ccc(Cl)cc2)cc1. The Morgan fingerprint density at radius 3 is 2.35 bits per heavy atom. The number of hydrogen-bond acceptors (Lipinski definition) is 5. The van der Waals surface area contributed by atoms with Crippen LogP contribution in [-0.4, -0.2) is 66.8 Å². The zero-order valence-electron chi connectivity index (χ0n) is 19.2. The minimum atomic E-state index is -0.832. The average Bonchev–Trinajstić information content (AvgIpc) is 3.22. The summed E-state index contributed by atoms with van der Waals surface area (Å²) in [6.45, 7) is 2.54. The number of amides is 4. The van der Waals surface area contributed by atoms with Gasteiger partial charge >= 0.3 is 6.03 Å². The molecule has 0 radical (unpaired) electrons. The molecule has 2 aromatic carbocycles. The molecule has 9 nitrogen and oxygen atoms in total. The lowest BCUT2D eigenvalue weighted by molar-refractivity contribution is -0.122. The van der Waals surface area contributed by atoms with Crippen molar-refractivity contribution in [1.82, 2.24) is 4.90 Å². The zero-order chi connectivity index (χ0) is 24.7. The molecule has 0 saturated carbocycles. The van der Waals surface area contributed by atoms with Crippen LogP contribution >= 0.6 is 11.6 Å². The molecule has 182 valence electrons. The minimum absolute atomic E-state index is 0.000747. The van der Waals surface area contributed by atoms with Gasteiger partial charge in [0.05, 0.1) is 6.10 Å². The fourth-order valence-electron chi connectivity index (χ4n) is 3.55. The van der Waals surface area contributed by atoms with Gasteiger partial charge in [-0.1, -0.05) is 18.5 Å². The molecular formula is C24H29ClN4O5. The smallest absolute Gasteiger partial charge is 0.322 e. The summed E-state index contributed by atoms with van der Waals surface area (Å²) in [6.07, 6.45) is 0.167. The summed E-state index contributed by atoms with van der Waals surface area (Å²) in [7, 11) is 1.66. The van der Waals surface area contributed by atoms with Gasteiger partial charge in [-0.3, -0.25) is 9.59 Å². The van der Waals surface area contributed by atoms with Crippen molar-refractivity contribution in [2.45, 2.75) is 31.9 Å². The Morgan fingerprint density at radius 2 is 1.71 bits per heavy atom. The molecule has 1 heterocycles. The first-order chi connectivity index (χ1) is 16.3. The van der Waals surface area contributed by atoms with Gasteiger partial charge in [-0.05, 0) is 55.0 Å². The van der Waals surface area contributed by atoms with E-state index in [1.807, 2.05) is 6.92 Å². The molecule has 3 N–H and O–H groups in total. The highest BCUT2D eigenvalue weighted by Crippen LogP contribution is 2.23. The van der Waals surface area contributed by atoms with Crippen LogP contribution in [0.3, 0.4) is 0 Å². The van der Waals surface area contributed by atoms with E-state index in [9.17, 15) is 19.5 Å². The molecule has 0 spiro atoms. The molecule has 10 heteroatoms. The number of nitrogens with one attached hydrogen (secondary N) is 2. The first-order valence-corrected chi connectivity index (χ1v) is 11.4. The first-order valence-electron chi connectivity index (χ1n) is 11.0. The van der Waals surface area contributed by atoms with Crippen LogP contribution in [0.15, 0.2) is 48.5 Å². The van der Waals surface area contributed by atoms with E-state index in [1.54, 1.807) is 55.6 Å². The van der Waals surface area contributed by atoms with Gasteiger partial charge < -0.3 is 30.3 Å². The van der Waals surface area contributed by atoms with Gasteiger partial charge in [-0.2, -0.15) is 0 Å². The van der Waals surface area contributed by atoms with E-state index < -0.39 is 24.1 Å². The summed E-state index contributed by atoms with van der Waals surface area (Å²) >= 11 is 5.87. The van der Waals surface area contributed by atoms with Crippen molar-refractivity contribution in [3.8, 4) is 0 Å². The maximum absolute atomic E-state index is 12.9. The van der Waals surface area contributed by atoms with E-state index >= 15 is 0 Å². The molecule has 34 heavy (non-hydrogen) atoms. The number of hydrogen-bond donors (Lipinski definition) is 3. The average molecular weight is 489 g/mol. The third kappa shape index (κ3) is 6.69. The molecule has 0 aliphatic carbocycles. The summed E-state index contributed by atoms with van der Waals surface area (Å²) < 4.78 is 5.29. The number of urea groups is 1. The number of rotatable bonds is 8. The Bertz CT molecular complexity index is 999. The second-order valence-corrected chi connectivity index (χ2v) is 8.47. The second-order valence-electron chi connectivity index (χ2n) is 8.04. The third-order valence-electron chi connectivity index (χ3n) is 5.41. The normalized spacial score (nSPS) is 17.4. The topological polar surface area (TPSA) is 111 Å². The monoisotopic (exact) mass is 488 g/mol. The Balaban J connectivity index is 1.60. The van der Waals surface area contributed by atoms with Crippen molar-refractivity contribution in [2.24, 2.45) is 0 Å². The highest BCUT2D eigenvalue weighted by Gasteiger charge is 2.39. The van der Waals surface area contributed by atoms with Gasteiger partial charge in [0.2, 0.25) is 5.91 Å². The first kappa shape index (κ1) is 25.5. The van der Waals surface area contributed by atoms with Gasteiger partial charge in [-0.15, -0.1) is 0 Å². The highest BCUT2D eigenvalue weighted by molar-refractivity contribution is 6.30. The maximum Gasteiger partial charge on any atom is 0.322 e. The quantitative estimate of drug-likeness (QED) is 0.493. The van der Waals surface area contributed by atoms with Gasteiger partial charge in [0.1, 0.15) is 12.6 Å². The lowest BCUT2D eigenvalue weighted by Gasteiger charge is -2.24. The maximum atomic E-state index is 12.9. The second kappa shape index (κ2) is 11.8. The number of ether oxygens (including phenoxy) is 1. The van der Waals surface area contributed by atoms with Gasteiger partial charge in [-0.25, -0.2) is 4.79 Å². The number of β-amino-alcohol motifs (C(OH)–C–C–N with tert-alkyl or cyclic N) is 1. The van der Waals surface area contributed by atoms with Crippen molar-refractivity contribution >= 4 is 46.5 Å². The summed E-state index contributed by atoms with van der Waals surface area (Å²) in [4.78, 5) is 40.6. The van der Waals surface area contributed by atoms with Crippen molar-refractivity contribution in [1.29, 1.82) is 0 Å². The predicted octanol–water partition coefficient (Wildman–Crippen LogP) is 3.34. The molecule has 0 bridgehead atoms. The number of carbonyl (C=O) groups excluding carboxylic acids is 3. The van der Waals surface area contributed by atoms with E-state index in [0.29, 0.717) is 28.7 Å². The lowest BCUT2D eigenvalue weighted by Crippen LogP contribution is -2.45. The molecule has 0 aromatic heterocycles. The fraction of sp³-hybridized carbons (Fsp3) is 0.375. The van der Waals surface area contributed by atoms with Crippen LogP contribution in [0.25, 0.3) is 0 Å². The van der Waals surface area contributed by atoms with E-state index in [0.717, 1.165) is 6.42 Å². The largest absolute Gasteiger partial charge is 0.391 e. The lowest BCUT2D eigenvalue weighted by atomic mass is 10.1. The molecule has 1 aliphatic heterocycles. The number of halogens is 1. The van der Waals surface area contributed by atoms with Crippen LogP contribution < -0.4 is 15.5 Å². The van der Waals surface area contributed by atoms with Crippen molar-refractivity contribution in [3.05, 3.63) is 53.6 Å². The number of aliphatic hydroxyl groups excluding tert-OH is 1. The molecule has 1 aliphatic rings. The molecular weight excluding hydrogens is 460 g/mol. The minimum Gasteiger partial charge on any atom is -0.391 e. The third-order valence-corrected chi connectivity index (χ3v) is 5.66. The molecule has 1 fully saturated rings. The van der Waals surface area contributed by atoms with E-state index in [2.05, 4.69) is 10.6 Å². The summed E-state index contributed by atoms with van der Waals surface area (Å²) in [5.41, 5.74) is 1.70. The van der Waals surface area contributed by atoms with Crippen LogP contribution in [0.5, 0.6) is 0 Å². The van der Waals surface area contributed by atoms with Crippen LogP contribution in [0.4, 0.5) is 21.9 Å². The van der Waals surface area contributed by atoms with Gasteiger partial charge in [0.25, 0.3) is 5.91 Å². The van der Waals surface area contributed by atoms with Crippen LogP contribution in [-0.2, 0) is 14.3 Å². The Hall–Kier alpha value is -3.14. The predicted molar refractivity (Wildman–Crippen MR) is 131 cm³/mol. The van der Waals surface area contributed by atoms with Crippen LogP contribution in [0, 0.1) is 0 Å². The van der Waals surface area contributed by atoms with E-state index in [4.69, 9.17) is 16.3 Å². The number of nitrogens with zero attached hydrogens (tertiary/aromatic N) is 2. The number of carbonyl (C=O) groups is 3. The number of likely N-dealkylation sites (N-methyl/N-ethyl adjacent to an activating group) is 1. The fourth-order valence-corrected chi connectivity index (χ4v) is 3.68. The van der Waals surface area contributed by atoms with E-state index in [1.165, 1.54) is 9.80 Å². The Morgan fingerprint density at radius 1 is 1.09 bits per heavy atom.